The number of aliphatic hydroxyl groups excluding tert-OH is 1. The summed E-state index contributed by atoms with van der Waals surface area (Å²) in [4.78, 5) is 7.82. The van der Waals surface area contributed by atoms with Crippen LogP contribution >= 0.6 is 23.4 Å². The fourth-order valence-electron chi connectivity index (χ4n) is 8.63. The standard InChI is InChI=1S/C50H55ClF2N6O3S2/c1-34-29-44(17-18-47(34)54-40(33-63-43-7-5-4-6-8-43)19-22-57-23-20-42(60)21-24-57)64(61,62)55-39-13-15-41(16-14-39)58-25-27-59(28-26-58)48-32-38(52)31-45(49(48)53)46-30-35(2)56(3)50(46)36-9-11-37(51)12-10-36/h4-18,29-32,40,42,54-55,60H,19-28,33H2,1-3H3/t40-/m1/s1. The highest BCUT2D eigenvalue weighted by Gasteiger charge is 2.26. The van der Waals surface area contributed by atoms with Crippen LogP contribution < -0.4 is 19.8 Å². The molecule has 14 heteroatoms. The second-order valence-electron chi connectivity index (χ2n) is 16.8. The maximum Gasteiger partial charge on any atom is 0.261 e. The summed E-state index contributed by atoms with van der Waals surface area (Å²) in [7, 11) is -1.98. The Kier molecular flexibility index (Phi) is 14.2. The molecule has 9 nitrogen and oxygen atoms in total. The highest BCUT2D eigenvalue weighted by molar-refractivity contribution is 7.99. The molecular formula is C50H55ClF2N6O3S2. The summed E-state index contributed by atoms with van der Waals surface area (Å²) < 4.78 is 63.8. The van der Waals surface area contributed by atoms with Gasteiger partial charge in [0.1, 0.15) is 5.82 Å². The third-order valence-corrected chi connectivity index (χ3v) is 15.2. The van der Waals surface area contributed by atoms with Crippen molar-refractivity contribution in [2.24, 2.45) is 7.05 Å². The summed E-state index contributed by atoms with van der Waals surface area (Å²) >= 11 is 7.96. The summed E-state index contributed by atoms with van der Waals surface area (Å²) in [6.45, 7) is 8.62. The predicted octanol–water partition coefficient (Wildman–Crippen LogP) is 10.5. The summed E-state index contributed by atoms with van der Waals surface area (Å²) in [5.41, 5.74) is 6.65. The minimum absolute atomic E-state index is 0.145. The molecule has 3 N–H and O–H groups in total. The lowest BCUT2D eigenvalue weighted by Crippen LogP contribution is -2.46. The van der Waals surface area contributed by atoms with Crippen LogP contribution in [0.25, 0.3) is 22.4 Å². The summed E-state index contributed by atoms with van der Waals surface area (Å²) in [6.07, 6.45) is 2.31. The second-order valence-corrected chi connectivity index (χ2v) is 20.0. The van der Waals surface area contributed by atoms with Crippen molar-refractivity contribution in [2.45, 2.75) is 55.0 Å². The van der Waals surface area contributed by atoms with Gasteiger partial charge in [0.2, 0.25) is 0 Å². The molecule has 0 amide bonds. The van der Waals surface area contributed by atoms with Gasteiger partial charge in [0.25, 0.3) is 10.0 Å². The van der Waals surface area contributed by atoms with Gasteiger partial charge in [-0.15, -0.1) is 11.8 Å². The first kappa shape index (κ1) is 45.5. The number of piperidine rings is 1. The number of rotatable bonds is 15. The molecule has 0 unspecified atom stereocenters. The molecule has 336 valence electrons. The Labute approximate surface area is 385 Å². The average Bonchev–Trinajstić information content (AvgIpc) is 3.59. The van der Waals surface area contributed by atoms with Crippen molar-refractivity contribution >= 4 is 56.1 Å². The molecule has 0 aliphatic carbocycles. The molecule has 8 rings (SSSR count). The lowest BCUT2D eigenvalue weighted by molar-refractivity contribution is 0.0817. The Balaban J connectivity index is 0.895. The molecule has 0 spiro atoms. The van der Waals surface area contributed by atoms with Gasteiger partial charge in [-0.05, 0) is 123 Å². The van der Waals surface area contributed by atoms with E-state index in [9.17, 15) is 13.5 Å². The number of sulfonamides is 1. The number of aromatic nitrogens is 1. The number of anilines is 4. The van der Waals surface area contributed by atoms with Gasteiger partial charge in [0.05, 0.1) is 22.4 Å². The van der Waals surface area contributed by atoms with Crippen molar-refractivity contribution in [1.82, 2.24) is 9.47 Å². The van der Waals surface area contributed by atoms with Crippen LogP contribution in [0.1, 0.15) is 30.5 Å². The second kappa shape index (κ2) is 20.0. The van der Waals surface area contributed by atoms with E-state index >= 15 is 8.78 Å². The van der Waals surface area contributed by atoms with E-state index in [1.807, 2.05) is 85.0 Å². The van der Waals surface area contributed by atoms with Crippen molar-refractivity contribution in [3.63, 3.8) is 0 Å². The van der Waals surface area contributed by atoms with E-state index in [4.69, 9.17) is 11.6 Å². The minimum Gasteiger partial charge on any atom is -0.393 e. The maximum atomic E-state index is 16.5. The molecule has 5 aromatic carbocycles. The largest absolute Gasteiger partial charge is 0.393 e. The Bertz CT molecular complexity index is 2650. The van der Waals surface area contributed by atoms with Crippen LogP contribution in [0, 0.1) is 25.5 Å². The zero-order valence-electron chi connectivity index (χ0n) is 36.4. The first-order chi connectivity index (χ1) is 30.8. The van der Waals surface area contributed by atoms with Gasteiger partial charge in [-0.25, -0.2) is 17.2 Å². The lowest BCUT2D eigenvalue weighted by Gasteiger charge is -2.37. The number of hydrogen-bond donors (Lipinski definition) is 3. The molecule has 0 saturated carbocycles. The van der Waals surface area contributed by atoms with Gasteiger partial charge < -0.3 is 29.7 Å². The third kappa shape index (κ3) is 10.7. The van der Waals surface area contributed by atoms with Gasteiger partial charge in [0, 0.05) is 115 Å². The molecule has 0 bridgehead atoms. The smallest absolute Gasteiger partial charge is 0.261 e. The zero-order chi connectivity index (χ0) is 45.0. The van der Waals surface area contributed by atoms with Gasteiger partial charge in [-0.1, -0.05) is 41.9 Å². The topological polar surface area (TPSA) is 93.1 Å². The van der Waals surface area contributed by atoms with Crippen LogP contribution in [0.15, 0.2) is 125 Å². The van der Waals surface area contributed by atoms with Crippen LogP contribution in [0.3, 0.4) is 0 Å². The third-order valence-electron chi connectivity index (χ3n) is 12.4. The van der Waals surface area contributed by atoms with Crippen molar-refractivity contribution in [1.29, 1.82) is 0 Å². The van der Waals surface area contributed by atoms with Crippen molar-refractivity contribution in [3.8, 4) is 22.4 Å². The number of nitrogens with one attached hydrogen (secondary N) is 2. The molecular weight excluding hydrogens is 870 g/mol. The van der Waals surface area contributed by atoms with Crippen LogP contribution in [-0.2, 0) is 17.1 Å². The first-order valence-electron chi connectivity index (χ1n) is 21.8. The maximum absolute atomic E-state index is 16.5. The van der Waals surface area contributed by atoms with Gasteiger partial charge in [-0.3, -0.25) is 4.72 Å². The highest BCUT2D eigenvalue weighted by atomic mass is 35.5. The van der Waals surface area contributed by atoms with E-state index in [0.717, 1.165) is 78.5 Å². The molecule has 64 heavy (non-hydrogen) atoms. The first-order valence-corrected chi connectivity index (χ1v) is 24.7. The van der Waals surface area contributed by atoms with E-state index in [2.05, 4.69) is 32.0 Å². The fraction of sp³-hybridized carbons (Fsp3) is 0.320. The molecule has 2 fully saturated rings. The highest BCUT2D eigenvalue weighted by Crippen LogP contribution is 2.40. The van der Waals surface area contributed by atoms with E-state index in [0.29, 0.717) is 42.5 Å². The lowest BCUT2D eigenvalue weighted by atomic mass is 9.99. The zero-order valence-corrected chi connectivity index (χ0v) is 38.8. The number of piperazine rings is 1. The number of aryl methyl sites for hydroxylation is 2. The number of nitrogens with zero attached hydrogens (tertiary/aromatic N) is 4. The molecule has 2 saturated heterocycles. The van der Waals surface area contributed by atoms with E-state index in [1.54, 1.807) is 48.2 Å². The van der Waals surface area contributed by atoms with Crippen molar-refractivity contribution in [2.75, 3.05) is 71.4 Å². The normalized spacial score (nSPS) is 15.7. The van der Waals surface area contributed by atoms with Crippen LogP contribution in [0.2, 0.25) is 5.02 Å². The predicted molar refractivity (Wildman–Crippen MR) is 260 cm³/mol. The molecule has 1 aromatic heterocycles. The molecule has 2 aliphatic rings. The molecule has 2 aliphatic heterocycles. The molecule has 3 heterocycles. The fourth-order valence-corrected chi connectivity index (χ4v) is 10.9. The molecule has 0 radical (unpaired) electrons. The van der Waals surface area contributed by atoms with E-state index < -0.39 is 21.7 Å². The summed E-state index contributed by atoms with van der Waals surface area (Å²) in [6, 6.07) is 34.7. The van der Waals surface area contributed by atoms with Crippen molar-refractivity contribution < 1.29 is 22.3 Å². The Morgan fingerprint density at radius 3 is 2.19 bits per heavy atom. The number of thioether (sulfide) groups is 1. The molecule has 6 aromatic rings. The van der Waals surface area contributed by atoms with Crippen molar-refractivity contribution in [3.05, 3.63) is 143 Å². The molecule has 1 atom stereocenters. The number of halogens is 3. The summed E-state index contributed by atoms with van der Waals surface area (Å²) in [5.74, 6) is -0.134. The number of likely N-dealkylation sites (tertiary alicyclic amines) is 1. The Morgan fingerprint density at radius 2 is 1.50 bits per heavy atom. The Morgan fingerprint density at radius 1 is 0.812 bits per heavy atom. The van der Waals surface area contributed by atoms with Gasteiger partial charge in [0.15, 0.2) is 5.82 Å². The number of hydrogen-bond acceptors (Lipinski definition) is 8. The Hall–Kier alpha value is -5.05. The van der Waals surface area contributed by atoms with Crippen LogP contribution in [-0.4, -0.2) is 86.7 Å². The van der Waals surface area contributed by atoms with Crippen LogP contribution in [0.4, 0.5) is 31.5 Å². The monoisotopic (exact) mass is 924 g/mol. The van der Waals surface area contributed by atoms with Gasteiger partial charge >= 0.3 is 0 Å². The van der Waals surface area contributed by atoms with E-state index in [1.165, 1.54) is 17.0 Å². The minimum atomic E-state index is -3.89. The van der Waals surface area contributed by atoms with Gasteiger partial charge in [-0.2, -0.15) is 0 Å². The van der Waals surface area contributed by atoms with E-state index in [-0.39, 0.29) is 28.3 Å². The SMILES string of the molecule is Cc1cc(S(=O)(=O)Nc2ccc(N3CCN(c4cc(F)cc(-c5cc(C)n(C)c5-c5ccc(Cl)cc5)c4F)CC3)cc2)ccc1N[C@H](CCN1CCC(O)CC1)CSc1ccccc1. The number of benzene rings is 5. The number of aliphatic hydroxyl groups is 1. The summed E-state index contributed by atoms with van der Waals surface area (Å²) in [5, 5.41) is 14.3. The quantitative estimate of drug-likeness (QED) is 0.0878. The van der Waals surface area contributed by atoms with Crippen LogP contribution in [0.5, 0.6) is 0 Å². The average molecular weight is 926 g/mol.